The second-order valence-electron chi connectivity index (χ2n) is 4.91. The summed E-state index contributed by atoms with van der Waals surface area (Å²) in [5.74, 6) is 0. The Morgan fingerprint density at radius 1 is 1.15 bits per heavy atom. The van der Waals surface area contributed by atoms with E-state index in [1.807, 2.05) is 18.2 Å². The van der Waals surface area contributed by atoms with Gasteiger partial charge in [0.1, 0.15) is 0 Å². The Labute approximate surface area is 133 Å². The third-order valence-corrected chi connectivity index (χ3v) is 4.66. The van der Waals surface area contributed by atoms with Crippen molar-refractivity contribution in [2.24, 2.45) is 5.73 Å². The first-order valence-electron chi connectivity index (χ1n) is 6.50. The van der Waals surface area contributed by atoms with Crippen LogP contribution in [0.2, 0.25) is 5.02 Å². The maximum Gasteiger partial charge on any atom is 0.0636 e. The molecule has 2 aromatic carbocycles. The van der Waals surface area contributed by atoms with Gasteiger partial charge in [-0.1, -0.05) is 29.8 Å². The van der Waals surface area contributed by atoms with E-state index in [-0.39, 0.29) is 6.04 Å². The highest BCUT2D eigenvalue weighted by molar-refractivity contribution is 9.10. The minimum atomic E-state index is 0.0755. The first-order chi connectivity index (χ1) is 9.51. The number of hydrogen-bond acceptors (Lipinski definition) is 2. The molecule has 2 aromatic rings. The second kappa shape index (κ2) is 6.61. The van der Waals surface area contributed by atoms with E-state index in [1.54, 1.807) is 0 Å². The van der Waals surface area contributed by atoms with Gasteiger partial charge in [0.15, 0.2) is 0 Å². The Morgan fingerprint density at radius 2 is 1.90 bits per heavy atom. The van der Waals surface area contributed by atoms with E-state index in [1.165, 1.54) is 16.7 Å². The Balaban J connectivity index is 2.23. The zero-order valence-electron chi connectivity index (χ0n) is 11.6. The number of nitrogens with two attached hydrogens (primary N) is 1. The van der Waals surface area contributed by atoms with E-state index < -0.39 is 0 Å². The summed E-state index contributed by atoms with van der Waals surface area (Å²) in [5, 5.41) is 4.12. The lowest BCUT2D eigenvalue weighted by molar-refractivity contribution is 0.788. The van der Waals surface area contributed by atoms with Crippen LogP contribution >= 0.6 is 27.5 Å². The van der Waals surface area contributed by atoms with Crippen molar-refractivity contribution in [3.05, 3.63) is 62.6 Å². The largest absolute Gasteiger partial charge is 0.377 e. The van der Waals surface area contributed by atoms with Crippen molar-refractivity contribution in [2.45, 2.75) is 19.9 Å². The van der Waals surface area contributed by atoms with Crippen LogP contribution in [-0.4, -0.2) is 6.54 Å². The summed E-state index contributed by atoms with van der Waals surface area (Å²) in [6.07, 6.45) is 0. The van der Waals surface area contributed by atoms with E-state index in [0.717, 1.165) is 10.2 Å². The van der Waals surface area contributed by atoms with Crippen molar-refractivity contribution in [1.29, 1.82) is 0 Å². The number of halogens is 2. The van der Waals surface area contributed by atoms with Crippen LogP contribution in [0.15, 0.2) is 40.9 Å². The molecular weight excluding hydrogens is 336 g/mol. The molecule has 0 amide bonds. The van der Waals surface area contributed by atoms with Gasteiger partial charge in [-0.25, -0.2) is 0 Å². The summed E-state index contributed by atoms with van der Waals surface area (Å²) in [6, 6.07) is 12.3. The van der Waals surface area contributed by atoms with Crippen LogP contribution < -0.4 is 11.1 Å². The molecule has 4 heteroatoms. The van der Waals surface area contributed by atoms with Crippen LogP contribution in [0.5, 0.6) is 0 Å². The molecule has 20 heavy (non-hydrogen) atoms. The highest BCUT2D eigenvalue weighted by Gasteiger charge is 2.11. The van der Waals surface area contributed by atoms with Crippen LogP contribution in [-0.2, 0) is 0 Å². The highest BCUT2D eigenvalue weighted by atomic mass is 79.9. The minimum Gasteiger partial charge on any atom is -0.377 e. The monoisotopic (exact) mass is 352 g/mol. The van der Waals surface area contributed by atoms with Crippen molar-refractivity contribution < 1.29 is 0 Å². The summed E-state index contributed by atoms with van der Waals surface area (Å²) in [5.41, 5.74) is 10.6. The second-order valence-corrected chi connectivity index (χ2v) is 6.17. The minimum absolute atomic E-state index is 0.0755. The predicted octanol–water partition coefficient (Wildman–Crippen LogP) is 4.83. The van der Waals surface area contributed by atoms with E-state index in [4.69, 9.17) is 17.3 Å². The van der Waals surface area contributed by atoms with Crippen LogP contribution in [0.3, 0.4) is 0 Å². The zero-order chi connectivity index (χ0) is 14.7. The molecule has 0 saturated carbocycles. The van der Waals surface area contributed by atoms with Gasteiger partial charge in [-0.3, -0.25) is 0 Å². The van der Waals surface area contributed by atoms with Crippen LogP contribution in [0.4, 0.5) is 5.69 Å². The molecular formula is C16H18BrClN2. The van der Waals surface area contributed by atoms with E-state index in [0.29, 0.717) is 11.6 Å². The van der Waals surface area contributed by atoms with Crippen molar-refractivity contribution in [1.82, 2.24) is 0 Å². The molecule has 0 radical (unpaired) electrons. The molecule has 106 valence electrons. The Hall–Kier alpha value is -1.03. The molecule has 0 saturated heterocycles. The van der Waals surface area contributed by atoms with Gasteiger partial charge in [0.05, 0.1) is 11.1 Å². The third-order valence-electron chi connectivity index (χ3n) is 3.43. The van der Waals surface area contributed by atoms with Gasteiger partial charge in [-0.2, -0.15) is 0 Å². The summed E-state index contributed by atoms with van der Waals surface area (Å²) < 4.78 is 0.889. The first-order valence-corrected chi connectivity index (χ1v) is 7.67. The van der Waals surface area contributed by atoms with Crippen molar-refractivity contribution in [2.75, 3.05) is 11.9 Å². The number of aryl methyl sites for hydroxylation is 2. The molecule has 0 fully saturated rings. The highest BCUT2D eigenvalue weighted by Crippen LogP contribution is 2.28. The van der Waals surface area contributed by atoms with Crippen LogP contribution in [0, 0.1) is 13.8 Å². The van der Waals surface area contributed by atoms with Crippen LogP contribution in [0.25, 0.3) is 0 Å². The van der Waals surface area contributed by atoms with Gasteiger partial charge in [0, 0.05) is 16.7 Å². The molecule has 1 unspecified atom stereocenters. The Bertz CT molecular complexity index is 613. The lowest BCUT2D eigenvalue weighted by Crippen LogP contribution is -2.20. The molecule has 0 bridgehead atoms. The molecule has 2 rings (SSSR count). The number of benzene rings is 2. The number of nitrogens with one attached hydrogen (secondary N) is 1. The molecule has 0 spiro atoms. The van der Waals surface area contributed by atoms with Crippen molar-refractivity contribution >= 4 is 33.2 Å². The summed E-state index contributed by atoms with van der Waals surface area (Å²) in [7, 11) is 0. The average molecular weight is 354 g/mol. The Morgan fingerprint density at radius 3 is 2.50 bits per heavy atom. The molecule has 0 aliphatic rings. The standard InChI is InChI=1S/C16H18BrClN2/c1-10-3-4-12(7-11(10)2)16(9-19)20-13-5-6-14(17)15(18)8-13/h3-8,16,20H,9,19H2,1-2H3. The fraction of sp³-hybridized carbons (Fsp3) is 0.250. The maximum absolute atomic E-state index is 6.11. The molecule has 0 heterocycles. The summed E-state index contributed by atoms with van der Waals surface area (Å²) >= 11 is 9.51. The molecule has 1 atom stereocenters. The summed E-state index contributed by atoms with van der Waals surface area (Å²) in [4.78, 5) is 0. The van der Waals surface area contributed by atoms with Gasteiger partial charge in [-0.15, -0.1) is 0 Å². The number of anilines is 1. The maximum atomic E-state index is 6.11. The Kier molecular flexibility index (Phi) is 5.08. The quantitative estimate of drug-likeness (QED) is 0.826. The SMILES string of the molecule is Cc1ccc(C(CN)Nc2ccc(Br)c(Cl)c2)cc1C. The average Bonchev–Trinajstić information content (AvgIpc) is 2.43. The van der Waals surface area contributed by atoms with Crippen molar-refractivity contribution in [3.8, 4) is 0 Å². The fourth-order valence-electron chi connectivity index (χ4n) is 2.05. The summed E-state index contributed by atoms with van der Waals surface area (Å²) in [6.45, 7) is 4.75. The van der Waals surface area contributed by atoms with Gasteiger partial charge in [-0.05, 0) is 64.7 Å². The lowest BCUT2D eigenvalue weighted by atomic mass is 10.0. The smallest absolute Gasteiger partial charge is 0.0636 e. The number of hydrogen-bond donors (Lipinski definition) is 2. The predicted molar refractivity (Wildman–Crippen MR) is 90.5 cm³/mol. The molecule has 3 N–H and O–H groups in total. The number of rotatable bonds is 4. The molecule has 0 aliphatic heterocycles. The van der Waals surface area contributed by atoms with E-state index in [9.17, 15) is 0 Å². The van der Waals surface area contributed by atoms with Gasteiger partial charge >= 0.3 is 0 Å². The van der Waals surface area contributed by atoms with Gasteiger partial charge in [0.2, 0.25) is 0 Å². The first kappa shape index (κ1) is 15.4. The van der Waals surface area contributed by atoms with Gasteiger partial charge in [0.25, 0.3) is 0 Å². The van der Waals surface area contributed by atoms with Crippen LogP contribution in [0.1, 0.15) is 22.7 Å². The van der Waals surface area contributed by atoms with Crippen molar-refractivity contribution in [3.63, 3.8) is 0 Å². The van der Waals surface area contributed by atoms with E-state index >= 15 is 0 Å². The molecule has 0 aliphatic carbocycles. The van der Waals surface area contributed by atoms with E-state index in [2.05, 4.69) is 53.3 Å². The normalized spacial score (nSPS) is 12.2. The molecule has 0 aromatic heterocycles. The van der Waals surface area contributed by atoms with Gasteiger partial charge < -0.3 is 11.1 Å². The molecule has 2 nitrogen and oxygen atoms in total. The zero-order valence-corrected chi connectivity index (χ0v) is 13.9. The fourth-order valence-corrected chi connectivity index (χ4v) is 2.47. The lowest BCUT2D eigenvalue weighted by Gasteiger charge is -2.20. The third kappa shape index (κ3) is 3.54. The topological polar surface area (TPSA) is 38.0 Å².